The predicted molar refractivity (Wildman–Crippen MR) is 90.9 cm³/mol. The van der Waals surface area contributed by atoms with Gasteiger partial charge in [-0.3, -0.25) is 10.1 Å². The van der Waals surface area contributed by atoms with E-state index in [-0.39, 0.29) is 18.0 Å². The predicted octanol–water partition coefficient (Wildman–Crippen LogP) is -0.500. The van der Waals surface area contributed by atoms with E-state index < -0.39 is 28.1 Å². The molecule has 0 aromatic heterocycles. The number of nitrogens with zero attached hydrogens (tertiary/aromatic N) is 1. The van der Waals surface area contributed by atoms with Crippen LogP contribution in [0.15, 0.2) is 29.2 Å². The fraction of sp³-hybridized carbons (Fsp3) is 0.467. The Bertz CT molecular complexity index is 730. The molecule has 0 aliphatic carbocycles. The Labute approximate surface area is 151 Å². The molecule has 0 bridgehead atoms. The second-order valence-corrected chi connectivity index (χ2v) is 8.09. The van der Waals surface area contributed by atoms with Gasteiger partial charge in [0.1, 0.15) is 0 Å². The normalized spacial score (nSPS) is 17.7. The second-order valence-electron chi connectivity index (χ2n) is 5.72. The Kier molecular flexibility index (Phi) is 6.39. The molecular formula is C15H21ClN3O5S+. The first-order valence-corrected chi connectivity index (χ1v) is 9.56. The van der Waals surface area contributed by atoms with Crippen LogP contribution >= 0.6 is 11.6 Å². The van der Waals surface area contributed by atoms with Crippen molar-refractivity contribution in [1.82, 2.24) is 9.62 Å². The largest absolute Gasteiger partial charge is 0.453 e. The molecule has 1 aliphatic heterocycles. The van der Waals surface area contributed by atoms with E-state index >= 15 is 0 Å². The smallest absolute Gasteiger partial charge is 0.413 e. The molecule has 1 fully saturated rings. The van der Waals surface area contributed by atoms with E-state index in [4.69, 9.17) is 11.6 Å². The van der Waals surface area contributed by atoms with Crippen molar-refractivity contribution in [3.05, 3.63) is 29.3 Å². The van der Waals surface area contributed by atoms with Crippen molar-refractivity contribution in [2.24, 2.45) is 0 Å². The highest BCUT2D eigenvalue weighted by Gasteiger charge is 2.34. The average Bonchev–Trinajstić information content (AvgIpc) is 2.61. The van der Waals surface area contributed by atoms with Crippen LogP contribution in [0.4, 0.5) is 4.79 Å². The molecule has 1 aliphatic rings. The van der Waals surface area contributed by atoms with Crippen LogP contribution in [0, 0.1) is 0 Å². The molecular weight excluding hydrogens is 370 g/mol. The Hall–Kier alpha value is -1.68. The number of carbonyl (C=O) groups is 2. The molecule has 1 aromatic rings. The van der Waals surface area contributed by atoms with Crippen molar-refractivity contribution >= 4 is 33.6 Å². The van der Waals surface area contributed by atoms with Gasteiger partial charge in [0.2, 0.25) is 10.0 Å². The number of benzene rings is 1. The second kappa shape index (κ2) is 8.13. The summed E-state index contributed by atoms with van der Waals surface area (Å²) in [5, 5.41) is 2.60. The van der Waals surface area contributed by atoms with Gasteiger partial charge >= 0.3 is 6.09 Å². The number of piperazine rings is 1. The van der Waals surface area contributed by atoms with E-state index in [1.54, 1.807) is 6.92 Å². The molecule has 2 rings (SSSR count). The van der Waals surface area contributed by atoms with Crippen LogP contribution in [-0.2, 0) is 19.6 Å². The van der Waals surface area contributed by atoms with Crippen LogP contribution in [0.25, 0.3) is 0 Å². The molecule has 138 valence electrons. The number of rotatable bonds is 4. The zero-order valence-corrected chi connectivity index (χ0v) is 15.6. The lowest BCUT2D eigenvalue weighted by Gasteiger charge is -2.34. The summed E-state index contributed by atoms with van der Waals surface area (Å²) in [4.78, 5) is 24.2. The Morgan fingerprint density at radius 3 is 2.32 bits per heavy atom. The molecule has 0 radical (unpaired) electrons. The van der Waals surface area contributed by atoms with Crippen molar-refractivity contribution in [2.75, 3.05) is 33.3 Å². The number of halogens is 1. The van der Waals surface area contributed by atoms with E-state index in [9.17, 15) is 18.0 Å². The summed E-state index contributed by atoms with van der Waals surface area (Å²) in [5.74, 6) is -0.448. The minimum Gasteiger partial charge on any atom is -0.453 e. The summed E-state index contributed by atoms with van der Waals surface area (Å²) in [5.41, 5.74) is 0. The molecule has 1 saturated heterocycles. The van der Waals surface area contributed by atoms with Gasteiger partial charge in [0.25, 0.3) is 5.91 Å². The highest BCUT2D eigenvalue weighted by Crippen LogP contribution is 2.18. The number of hydrogen-bond donors (Lipinski definition) is 2. The third kappa shape index (κ3) is 4.69. The van der Waals surface area contributed by atoms with Crippen molar-refractivity contribution in [2.45, 2.75) is 17.9 Å². The number of sulfonamides is 1. The van der Waals surface area contributed by atoms with Crippen LogP contribution in [0.3, 0.4) is 0 Å². The van der Waals surface area contributed by atoms with Gasteiger partial charge in [-0.15, -0.1) is 0 Å². The number of amides is 2. The van der Waals surface area contributed by atoms with Gasteiger partial charge in [0, 0.05) is 5.02 Å². The molecule has 0 saturated carbocycles. The van der Waals surface area contributed by atoms with Gasteiger partial charge in [-0.2, -0.15) is 4.31 Å². The van der Waals surface area contributed by atoms with Gasteiger partial charge in [-0.1, -0.05) is 11.6 Å². The number of ether oxygens (including phenoxy) is 1. The van der Waals surface area contributed by atoms with Crippen molar-refractivity contribution in [3.63, 3.8) is 0 Å². The number of carbonyl (C=O) groups excluding carboxylic acids is 2. The Balaban J connectivity index is 1.98. The number of quaternary nitrogens is 1. The molecule has 1 atom stereocenters. The maximum Gasteiger partial charge on any atom is 0.413 e. The molecule has 8 nitrogen and oxygen atoms in total. The van der Waals surface area contributed by atoms with Crippen LogP contribution in [-0.4, -0.2) is 64.1 Å². The van der Waals surface area contributed by atoms with Crippen molar-refractivity contribution in [1.29, 1.82) is 0 Å². The number of nitrogens with one attached hydrogen (secondary N) is 2. The molecule has 25 heavy (non-hydrogen) atoms. The molecule has 10 heteroatoms. The molecule has 1 heterocycles. The lowest BCUT2D eigenvalue weighted by atomic mass is 10.2. The molecule has 2 N–H and O–H groups in total. The Morgan fingerprint density at radius 2 is 1.80 bits per heavy atom. The lowest BCUT2D eigenvalue weighted by Crippen LogP contribution is -3.19. The summed E-state index contributed by atoms with van der Waals surface area (Å²) in [6.07, 6.45) is -0.805. The standard InChI is InChI=1S/C15H20ClN3O5S/c1-11(14(20)17-15(21)24-2)18-7-9-19(10-8-18)25(22,23)13-5-3-12(16)4-6-13/h3-6,11H,7-10H2,1-2H3,(H,17,20,21)/p+1/t11-/m1/s1. The first-order chi connectivity index (χ1) is 11.8. The van der Waals surface area contributed by atoms with Crippen LogP contribution in [0.1, 0.15) is 6.92 Å². The average molecular weight is 391 g/mol. The number of hydrogen-bond acceptors (Lipinski definition) is 5. The monoisotopic (exact) mass is 390 g/mol. The van der Waals surface area contributed by atoms with Crippen LogP contribution < -0.4 is 10.2 Å². The van der Waals surface area contributed by atoms with Gasteiger partial charge in [-0.25, -0.2) is 13.2 Å². The van der Waals surface area contributed by atoms with E-state index in [1.807, 2.05) is 0 Å². The third-order valence-corrected chi connectivity index (χ3v) is 6.40. The van der Waals surface area contributed by atoms with Crippen molar-refractivity contribution in [3.8, 4) is 0 Å². The van der Waals surface area contributed by atoms with E-state index in [0.717, 1.165) is 4.90 Å². The van der Waals surface area contributed by atoms with E-state index in [2.05, 4.69) is 10.1 Å². The minimum atomic E-state index is -3.58. The van der Waals surface area contributed by atoms with Gasteiger partial charge in [0.15, 0.2) is 6.04 Å². The fourth-order valence-corrected chi connectivity index (χ4v) is 4.22. The van der Waals surface area contributed by atoms with Gasteiger partial charge < -0.3 is 9.64 Å². The number of methoxy groups -OCH3 is 1. The van der Waals surface area contributed by atoms with Crippen LogP contribution in [0.5, 0.6) is 0 Å². The SMILES string of the molecule is COC(=O)NC(=O)[C@@H](C)[NH+]1CCN(S(=O)(=O)c2ccc(Cl)cc2)CC1. The summed E-state index contributed by atoms with van der Waals surface area (Å²) < 4.78 is 31.0. The quantitative estimate of drug-likeness (QED) is 0.722. The summed E-state index contributed by atoms with van der Waals surface area (Å²) >= 11 is 5.80. The summed E-state index contributed by atoms with van der Waals surface area (Å²) in [6.45, 7) is 3.19. The van der Waals surface area contributed by atoms with Gasteiger partial charge in [0.05, 0.1) is 38.2 Å². The number of alkyl carbamates (subject to hydrolysis) is 1. The number of imide groups is 1. The maximum absolute atomic E-state index is 12.6. The highest BCUT2D eigenvalue weighted by molar-refractivity contribution is 7.89. The minimum absolute atomic E-state index is 0.192. The molecule has 1 aromatic carbocycles. The zero-order valence-electron chi connectivity index (χ0n) is 14.0. The molecule has 0 spiro atoms. The van der Waals surface area contributed by atoms with E-state index in [0.29, 0.717) is 18.1 Å². The third-order valence-electron chi connectivity index (χ3n) is 4.23. The molecule has 2 amide bonds. The highest BCUT2D eigenvalue weighted by atomic mass is 35.5. The fourth-order valence-electron chi connectivity index (χ4n) is 2.65. The first kappa shape index (κ1) is 19.6. The summed E-state index contributed by atoms with van der Waals surface area (Å²) in [6, 6.07) is 5.54. The van der Waals surface area contributed by atoms with Gasteiger partial charge in [-0.05, 0) is 31.2 Å². The molecule has 0 unspecified atom stereocenters. The zero-order chi connectivity index (χ0) is 18.6. The van der Waals surface area contributed by atoms with Crippen LogP contribution in [0.2, 0.25) is 5.02 Å². The van der Waals surface area contributed by atoms with E-state index in [1.165, 1.54) is 35.7 Å². The first-order valence-electron chi connectivity index (χ1n) is 7.75. The lowest BCUT2D eigenvalue weighted by molar-refractivity contribution is -0.917. The maximum atomic E-state index is 12.6. The topological polar surface area (TPSA) is 97.2 Å². The Morgan fingerprint density at radius 1 is 1.24 bits per heavy atom. The summed E-state index contributed by atoms with van der Waals surface area (Å²) in [7, 11) is -2.40. The van der Waals surface area contributed by atoms with Crippen molar-refractivity contribution < 1.29 is 27.6 Å².